The summed E-state index contributed by atoms with van der Waals surface area (Å²) >= 11 is 0. The van der Waals surface area contributed by atoms with Gasteiger partial charge in [-0.2, -0.15) is 0 Å². The Hall–Kier alpha value is -0.500. The van der Waals surface area contributed by atoms with Crippen LogP contribution < -0.4 is 0 Å². The van der Waals surface area contributed by atoms with Gasteiger partial charge in [-0.1, -0.05) is 136 Å². The van der Waals surface area contributed by atoms with Gasteiger partial charge in [0.15, 0.2) is 0 Å². The van der Waals surface area contributed by atoms with E-state index in [1.165, 1.54) is 116 Å². The van der Waals surface area contributed by atoms with Gasteiger partial charge < -0.3 is 14.6 Å². The largest absolute Gasteiger partial charge is 0.603 e. The van der Waals surface area contributed by atoms with Crippen LogP contribution in [0.5, 0.6) is 0 Å². The quantitative estimate of drug-likeness (QED) is 0.0619. The second-order valence-corrected chi connectivity index (χ2v) is 10.6. The van der Waals surface area contributed by atoms with Crippen molar-refractivity contribution in [2.45, 2.75) is 142 Å². The monoisotopic (exact) mass is 531 g/mol. The molecule has 0 bridgehead atoms. The molecule has 0 rings (SSSR count). The molecule has 0 saturated carbocycles. The van der Waals surface area contributed by atoms with E-state index in [2.05, 4.69) is 13.8 Å². The third-order valence-electron chi connectivity index (χ3n) is 6.06. The Morgan fingerprint density at radius 2 is 0.917 bits per heavy atom. The maximum absolute atomic E-state index is 10.8. The molecule has 6 heteroatoms. The number of rotatable bonds is 28. The van der Waals surface area contributed by atoms with Gasteiger partial charge in [-0.15, -0.1) is 4.52 Å². The van der Waals surface area contributed by atoms with E-state index in [9.17, 15) is 4.57 Å². The van der Waals surface area contributed by atoms with E-state index in [0.717, 1.165) is 26.1 Å². The lowest BCUT2D eigenvalue weighted by molar-refractivity contribution is 0.0895. The van der Waals surface area contributed by atoms with E-state index < -0.39 is 8.03 Å². The number of aliphatic hydroxyl groups excluding tert-OH is 1. The Morgan fingerprint density at radius 1 is 0.556 bits per heavy atom. The van der Waals surface area contributed by atoms with E-state index in [-0.39, 0.29) is 6.61 Å². The zero-order valence-electron chi connectivity index (χ0n) is 24.0. The summed E-state index contributed by atoms with van der Waals surface area (Å²) in [5.41, 5.74) is 2.04. The summed E-state index contributed by atoms with van der Waals surface area (Å²) in [6, 6.07) is 0. The Bertz CT molecular complexity index is 439. The average Bonchev–Trinajstić information content (AvgIpc) is 2.89. The maximum atomic E-state index is 10.8. The first kappa shape index (κ1) is 37.7. The molecule has 1 N–H and O–H groups in total. The van der Waals surface area contributed by atoms with Crippen molar-refractivity contribution in [3.63, 3.8) is 0 Å². The predicted octanol–water partition coefficient (Wildman–Crippen LogP) is 9.19. The zero-order valence-corrected chi connectivity index (χ0v) is 24.9. The smallest absolute Gasteiger partial charge is 0.394 e. The number of ether oxygens (including phenoxy) is 2. The Kier molecular flexibility index (Phi) is 38.3. The molecule has 0 aliphatic rings. The van der Waals surface area contributed by atoms with Crippen molar-refractivity contribution in [3.05, 3.63) is 0 Å². The van der Waals surface area contributed by atoms with Crippen molar-refractivity contribution < 1.29 is 23.7 Å². The van der Waals surface area contributed by atoms with E-state index in [0.29, 0.717) is 19.8 Å². The molecule has 0 saturated heterocycles. The molecule has 36 heavy (non-hydrogen) atoms. The fourth-order valence-corrected chi connectivity index (χ4v) is 4.18. The zero-order chi connectivity index (χ0) is 26.8. The van der Waals surface area contributed by atoms with Gasteiger partial charge in [-0.3, -0.25) is 0 Å². The lowest BCUT2D eigenvalue weighted by Gasteiger charge is -2.03. The van der Waals surface area contributed by atoms with Crippen LogP contribution >= 0.6 is 8.03 Å². The lowest BCUT2D eigenvalue weighted by atomic mass is 10.1. The number of aliphatic hydroxyl groups is 1. The minimum Gasteiger partial charge on any atom is -0.394 e. The second-order valence-electron chi connectivity index (χ2n) is 9.53. The minimum atomic E-state index is -1.92. The van der Waals surface area contributed by atoms with Gasteiger partial charge in [0.2, 0.25) is 5.66 Å². The molecule has 5 nitrogen and oxygen atoms in total. The summed E-state index contributed by atoms with van der Waals surface area (Å²) in [5, 5.41) is 8.50. The summed E-state index contributed by atoms with van der Waals surface area (Å²) < 4.78 is 26.2. The highest BCUT2D eigenvalue weighted by Gasteiger charge is 2.11. The van der Waals surface area contributed by atoms with Crippen molar-refractivity contribution in [2.24, 2.45) is 0 Å². The average molecular weight is 532 g/mol. The molecule has 0 aromatic carbocycles. The topological polar surface area (TPSA) is 65.0 Å². The van der Waals surface area contributed by atoms with E-state index in [1.54, 1.807) is 0 Å². The van der Waals surface area contributed by atoms with Crippen LogP contribution in [0.15, 0.2) is 0 Å². The van der Waals surface area contributed by atoms with Crippen LogP contribution in [0.4, 0.5) is 0 Å². The Balaban J connectivity index is 0. The number of unbranched alkanes of at least 4 members (excludes halogenated alkanes) is 18. The summed E-state index contributed by atoms with van der Waals surface area (Å²) in [6.07, 6.45) is 31.7. The molecular formula is C30H60O5P+. The van der Waals surface area contributed by atoms with Crippen LogP contribution in [0.2, 0.25) is 0 Å². The highest BCUT2D eigenvalue weighted by Crippen LogP contribution is 2.18. The molecule has 1 atom stereocenters. The third kappa shape index (κ3) is 38.0. The van der Waals surface area contributed by atoms with Gasteiger partial charge >= 0.3 is 8.03 Å². The van der Waals surface area contributed by atoms with E-state index in [1.807, 2.05) is 5.66 Å². The first-order valence-electron chi connectivity index (χ1n) is 15.1. The summed E-state index contributed by atoms with van der Waals surface area (Å²) in [7, 11) is -1.92. The number of terminal acetylenes is 1. The molecule has 214 valence electrons. The van der Waals surface area contributed by atoms with Gasteiger partial charge in [0.1, 0.15) is 6.61 Å². The molecule has 0 fully saturated rings. The van der Waals surface area contributed by atoms with Crippen molar-refractivity contribution in [1.82, 2.24) is 0 Å². The first-order chi connectivity index (χ1) is 17.7. The van der Waals surface area contributed by atoms with Crippen molar-refractivity contribution in [3.8, 4) is 12.1 Å². The highest BCUT2D eigenvalue weighted by atomic mass is 31.1. The highest BCUT2D eigenvalue weighted by molar-refractivity contribution is 7.45. The second kappa shape index (κ2) is 36.7. The molecule has 0 aromatic heterocycles. The predicted molar refractivity (Wildman–Crippen MR) is 155 cm³/mol. The SMILES string of the molecule is C#C[P+](=O)OCCOCCCCCCCCCCCC.CCCCCCCCCCCCOCCO. The maximum Gasteiger partial charge on any atom is 0.603 e. The van der Waals surface area contributed by atoms with Gasteiger partial charge in [0.25, 0.3) is 0 Å². The first-order valence-corrected chi connectivity index (χ1v) is 16.2. The third-order valence-corrected chi connectivity index (χ3v) is 6.69. The molecule has 1 unspecified atom stereocenters. The number of hydrogen-bond acceptors (Lipinski definition) is 5. The molecule has 0 heterocycles. The van der Waals surface area contributed by atoms with Gasteiger partial charge in [-0.25, -0.2) is 0 Å². The Labute approximate surface area is 225 Å². The van der Waals surface area contributed by atoms with E-state index in [4.69, 9.17) is 25.5 Å². The molecule has 0 aromatic rings. The van der Waals surface area contributed by atoms with Gasteiger partial charge in [0, 0.05) is 13.2 Å². The molecule has 0 aliphatic carbocycles. The molecule has 0 aliphatic heterocycles. The Morgan fingerprint density at radius 3 is 1.28 bits per heavy atom. The minimum absolute atomic E-state index is 0.151. The molecule has 0 radical (unpaired) electrons. The van der Waals surface area contributed by atoms with Crippen molar-refractivity contribution >= 4 is 8.03 Å². The van der Waals surface area contributed by atoms with Crippen molar-refractivity contribution in [1.29, 1.82) is 0 Å². The summed E-state index contributed by atoms with van der Waals surface area (Å²) in [6.45, 7) is 7.53. The fourth-order valence-electron chi connectivity index (χ4n) is 3.87. The molecular weight excluding hydrogens is 471 g/mol. The summed E-state index contributed by atoms with van der Waals surface area (Å²) in [4.78, 5) is 0. The molecule has 0 spiro atoms. The van der Waals surface area contributed by atoms with Crippen molar-refractivity contribution in [2.75, 3.05) is 39.6 Å². The van der Waals surface area contributed by atoms with Crippen LogP contribution in [0, 0.1) is 12.1 Å². The van der Waals surface area contributed by atoms with Crippen LogP contribution in [0.3, 0.4) is 0 Å². The lowest BCUT2D eigenvalue weighted by Crippen LogP contribution is -2.02. The van der Waals surface area contributed by atoms with Crippen LogP contribution in [-0.4, -0.2) is 44.7 Å². The van der Waals surface area contributed by atoms with E-state index >= 15 is 0 Å². The summed E-state index contributed by atoms with van der Waals surface area (Å²) in [5.74, 6) is 0. The van der Waals surface area contributed by atoms with Crippen LogP contribution in [0.1, 0.15) is 142 Å². The van der Waals surface area contributed by atoms with Crippen LogP contribution in [0.25, 0.3) is 0 Å². The molecule has 0 amide bonds. The standard InChI is InChI=1S/C16H30O3P.C14H30O2/c1-3-5-6-7-8-9-10-11-12-13-14-18-15-16-19-20(17)4-2;1-2-3-4-5-6-7-8-9-10-11-13-16-14-12-15/h2H,3,5-16H2,1H3;15H,2-14H2,1H3/q+1;. The van der Waals surface area contributed by atoms with Gasteiger partial charge in [0.05, 0.1) is 19.8 Å². The number of hydrogen-bond donors (Lipinski definition) is 1. The van der Waals surface area contributed by atoms with Crippen LogP contribution in [-0.2, 0) is 18.6 Å². The van der Waals surface area contributed by atoms with Gasteiger partial charge in [-0.05, 0) is 17.4 Å². The fraction of sp³-hybridized carbons (Fsp3) is 0.933. The normalized spacial score (nSPS) is 11.1.